The average Bonchev–Trinajstić information content (AvgIpc) is 3.30. The lowest BCUT2D eigenvalue weighted by Crippen LogP contribution is -2.39. The summed E-state index contributed by atoms with van der Waals surface area (Å²) in [6.07, 6.45) is 3.66. The van der Waals surface area contributed by atoms with Crippen LogP contribution in [-0.4, -0.2) is 30.5 Å². The van der Waals surface area contributed by atoms with Gasteiger partial charge < -0.3 is 19.9 Å². The molecule has 2 N–H and O–H groups in total. The van der Waals surface area contributed by atoms with Crippen LogP contribution < -0.4 is 5.32 Å². The number of allylic oxidation sites excluding steroid dienone is 1. The molecule has 3 aromatic carbocycles. The van der Waals surface area contributed by atoms with Crippen LogP contribution in [0.3, 0.4) is 0 Å². The molecule has 36 heavy (non-hydrogen) atoms. The minimum atomic E-state index is -0.561. The number of rotatable bonds is 9. The fourth-order valence-electron chi connectivity index (χ4n) is 5.48. The van der Waals surface area contributed by atoms with Crippen molar-refractivity contribution >= 4 is 5.91 Å². The van der Waals surface area contributed by atoms with Crippen LogP contribution >= 0.6 is 0 Å². The number of nitrogens with one attached hydrogen (secondary N) is 1. The quantitative estimate of drug-likeness (QED) is 0.338. The van der Waals surface area contributed by atoms with Gasteiger partial charge in [-0.05, 0) is 65.6 Å². The largest absolute Gasteiger partial charge is 0.459 e. The molecule has 0 saturated carbocycles. The van der Waals surface area contributed by atoms with Crippen molar-refractivity contribution in [3.05, 3.63) is 107 Å². The van der Waals surface area contributed by atoms with Gasteiger partial charge in [-0.25, -0.2) is 0 Å². The molecule has 186 valence electrons. The van der Waals surface area contributed by atoms with E-state index in [1.54, 1.807) is 0 Å². The molecule has 5 rings (SSSR count). The fraction of sp³-hybridized carbons (Fsp3) is 0.323. The SMILES string of the molecule is CCOC1OC(C(=O)NCc2ccccc2)=CC(c2cccc3c2Cc2ccccc2-3)C1CCCO. The number of ether oxygens (including phenoxy) is 2. The van der Waals surface area contributed by atoms with Gasteiger partial charge in [-0.3, -0.25) is 4.79 Å². The van der Waals surface area contributed by atoms with Gasteiger partial charge in [-0.1, -0.05) is 72.8 Å². The zero-order chi connectivity index (χ0) is 24.9. The maximum Gasteiger partial charge on any atom is 0.286 e. The zero-order valence-electron chi connectivity index (χ0n) is 20.7. The number of hydrogen-bond acceptors (Lipinski definition) is 4. The van der Waals surface area contributed by atoms with Crippen molar-refractivity contribution in [1.82, 2.24) is 5.32 Å². The van der Waals surface area contributed by atoms with Gasteiger partial charge in [0.05, 0.1) is 0 Å². The number of amides is 1. The van der Waals surface area contributed by atoms with Crippen LogP contribution in [0.1, 0.15) is 47.9 Å². The van der Waals surface area contributed by atoms with E-state index in [2.05, 4.69) is 47.8 Å². The first-order chi connectivity index (χ1) is 17.7. The molecule has 1 aliphatic carbocycles. The van der Waals surface area contributed by atoms with Gasteiger partial charge in [0.15, 0.2) is 5.76 Å². The first-order valence-electron chi connectivity index (χ1n) is 12.8. The van der Waals surface area contributed by atoms with Crippen LogP contribution in [0.25, 0.3) is 11.1 Å². The van der Waals surface area contributed by atoms with Crippen molar-refractivity contribution < 1.29 is 19.4 Å². The molecule has 3 aromatic rings. The van der Waals surface area contributed by atoms with Gasteiger partial charge in [-0.2, -0.15) is 0 Å². The lowest BCUT2D eigenvalue weighted by Gasteiger charge is -2.37. The summed E-state index contributed by atoms with van der Waals surface area (Å²) in [4.78, 5) is 13.2. The summed E-state index contributed by atoms with van der Waals surface area (Å²) in [6.45, 7) is 2.94. The summed E-state index contributed by atoms with van der Waals surface area (Å²) >= 11 is 0. The average molecular weight is 484 g/mol. The van der Waals surface area contributed by atoms with Crippen molar-refractivity contribution in [3.63, 3.8) is 0 Å². The summed E-state index contributed by atoms with van der Waals surface area (Å²) in [5.41, 5.74) is 7.39. The van der Waals surface area contributed by atoms with Crippen molar-refractivity contribution in [3.8, 4) is 11.1 Å². The van der Waals surface area contributed by atoms with Crippen molar-refractivity contribution in [2.45, 2.75) is 44.9 Å². The van der Waals surface area contributed by atoms with E-state index in [9.17, 15) is 9.90 Å². The summed E-state index contributed by atoms with van der Waals surface area (Å²) < 4.78 is 12.2. The number of carbonyl (C=O) groups excluding carboxylic acids is 1. The normalized spacial score (nSPS) is 20.2. The summed E-state index contributed by atoms with van der Waals surface area (Å²) in [7, 11) is 0. The third-order valence-corrected chi connectivity index (χ3v) is 7.18. The lowest BCUT2D eigenvalue weighted by molar-refractivity contribution is -0.166. The molecule has 1 heterocycles. The second kappa shape index (κ2) is 11.1. The van der Waals surface area contributed by atoms with E-state index in [0.717, 1.165) is 18.4 Å². The van der Waals surface area contributed by atoms with Crippen LogP contribution in [0.4, 0.5) is 0 Å². The number of benzene rings is 3. The lowest BCUT2D eigenvalue weighted by atomic mass is 9.78. The van der Waals surface area contributed by atoms with Gasteiger partial charge >= 0.3 is 0 Å². The Kier molecular flexibility index (Phi) is 7.49. The number of aliphatic hydroxyl groups excluding tert-OH is 1. The maximum absolute atomic E-state index is 13.2. The number of carbonyl (C=O) groups is 1. The van der Waals surface area contributed by atoms with Crippen molar-refractivity contribution in [2.24, 2.45) is 5.92 Å². The maximum atomic E-state index is 13.2. The molecule has 1 aliphatic heterocycles. The van der Waals surface area contributed by atoms with Gasteiger partial charge in [0.25, 0.3) is 5.91 Å². The first-order valence-corrected chi connectivity index (χ1v) is 12.8. The molecular weight excluding hydrogens is 450 g/mol. The highest BCUT2D eigenvalue weighted by molar-refractivity contribution is 5.91. The Bertz CT molecular complexity index is 1240. The molecule has 3 atom stereocenters. The fourth-order valence-corrected chi connectivity index (χ4v) is 5.48. The van der Waals surface area contributed by atoms with Crippen LogP contribution in [0, 0.1) is 5.92 Å². The minimum absolute atomic E-state index is 0.0158. The smallest absolute Gasteiger partial charge is 0.286 e. The predicted octanol–water partition coefficient (Wildman–Crippen LogP) is 5.32. The topological polar surface area (TPSA) is 67.8 Å². The molecule has 3 unspecified atom stereocenters. The molecule has 0 radical (unpaired) electrons. The molecule has 0 spiro atoms. The van der Waals surface area contributed by atoms with Crippen LogP contribution in [-0.2, 0) is 27.2 Å². The molecule has 5 nitrogen and oxygen atoms in total. The summed E-state index contributed by atoms with van der Waals surface area (Å²) in [5.74, 6) is -0.0330. The monoisotopic (exact) mass is 483 g/mol. The third-order valence-electron chi connectivity index (χ3n) is 7.18. The molecule has 1 amide bonds. The van der Waals surface area contributed by atoms with E-state index < -0.39 is 6.29 Å². The van der Waals surface area contributed by atoms with Gasteiger partial charge in [0, 0.05) is 31.6 Å². The van der Waals surface area contributed by atoms with Gasteiger partial charge in [0.1, 0.15) is 0 Å². The second-order valence-corrected chi connectivity index (χ2v) is 9.40. The van der Waals surface area contributed by atoms with E-state index in [1.807, 2.05) is 43.3 Å². The van der Waals surface area contributed by atoms with Crippen LogP contribution in [0.5, 0.6) is 0 Å². The molecule has 0 saturated heterocycles. The first kappa shape index (κ1) is 24.3. The Labute approximate surface area is 212 Å². The van der Waals surface area contributed by atoms with Crippen LogP contribution in [0.15, 0.2) is 84.6 Å². The zero-order valence-corrected chi connectivity index (χ0v) is 20.7. The predicted molar refractivity (Wildman–Crippen MR) is 140 cm³/mol. The second-order valence-electron chi connectivity index (χ2n) is 9.40. The highest BCUT2D eigenvalue weighted by atomic mass is 16.7. The Morgan fingerprint density at radius 1 is 1.03 bits per heavy atom. The Morgan fingerprint density at radius 2 is 1.81 bits per heavy atom. The Balaban J connectivity index is 1.50. The summed E-state index contributed by atoms with van der Waals surface area (Å²) in [5, 5.41) is 12.6. The molecule has 0 fully saturated rings. The Morgan fingerprint density at radius 3 is 2.61 bits per heavy atom. The van der Waals surface area contributed by atoms with Crippen molar-refractivity contribution in [1.29, 1.82) is 0 Å². The highest BCUT2D eigenvalue weighted by Gasteiger charge is 2.39. The standard InChI is InChI=1S/C31H33NO4/c1-2-35-31-26(16-9-17-33)28(19-29(36-31)30(34)32-20-21-10-4-3-5-11-21)25-15-8-14-24-23-13-7-6-12-22(23)18-27(24)25/h3-8,10-15,19,26,28,31,33H,2,9,16-18,20H2,1H3,(H,32,34). The van der Waals surface area contributed by atoms with Gasteiger partial charge in [0.2, 0.25) is 6.29 Å². The van der Waals surface area contributed by atoms with Crippen molar-refractivity contribution in [2.75, 3.05) is 13.2 Å². The highest BCUT2D eigenvalue weighted by Crippen LogP contribution is 2.45. The molecule has 2 aliphatic rings. The van der Waals surface area contributed by atoms with E-state index in [-0.39, 0.29) is 24.3 Å². The molecule has 0 aromatic heterocycles. The van der Waals surface area contributed by atoms with E-state index in [4.69, 9.17) is 9.47 Å². The summed E-state index contributed by atoms with van der Waals surface area (Å²) in [6, 6.07) is 24.8. The minimum Gasteiger partial charge on any atom is -0.459 e. The molecule has 0 bridgehead atoms. The van der Waals surface area contributed by atoms with E-state index in [0.29, 0.717) is 25.3 Å². The molecular formula is C31H33NO4. The van der Waals surface area contributed by atoms with E-state index in [1.165, 1.54) is 27.8 Å². The Hall–Kier alpha value is -3.41. The molecule has 5 heteroatoms. The number of fused-ring (bicyclic) bond motifs is 3. The third kappa shape index (κ3) is 4.95. The van der Waals surface area contributed by atoms with Gasteiger partial charge in [-0.15, -0.1) is 0 Å². The van der Waals surface area contributed by atoms with E-state index >= 15 is 0 Å². The number of aliphatic hydroxyl groups is 1. The van der Waals surface area contributed by atoms with Crippen LogP contribution in [0.2, 0.25) is 0 Å². The number of hydrogen-bond donors (Lipinski definition) is 2.